The normalized spacial score (nSPS) is 20.2. The summed E-state index contributed by atoms with van der Waals surface area (Å²) in [5, 5.41) is 4.28. The SMILES string of the molecule is Cc1ccc(CN2CC[C@H](CNC(=O)C3CCN(c4nc5cccnc5s4)CC3)C2)cc1. The number of carbonyl (C=O) groups excluding carboxylic acids is 1. The number of aromatic nitrogens is 2. The predicted molar refractivity (Wildman–Crippen MR) is 130 cm³/mol. The van der Waals surface area contributed by atoms with Gasteiger partial charge in [-0.2, -0.15) is 0 Å². The van der Waals surface area contributed by atoms with E-state index in [1.54, 1.807) is 11.3 Å². The van der Waals surface area contributed by atoms with Gasteiger partial charge in [-0.15, -0.1) is 0 Å². The number of pyridine rings is 1. The number of aryl methyl sites for hydroxylation is 1. The monoisotopic (exact) mass is 449 g/mol. The van der Waals surface area contributed by atoms with Gasteiger partial charge in [-0.3, -0.25) is 9.69 Å². The molecule has 0 radical (unpaired) electrons. The lowest BCUT2D eigenvalue weighted by Crippen LogP contribution is -2.42. The van der Waals surface area contributed by atoms with Crippen LogP contribution in [0.3, 0.4) is 0 Å². The Balaban J connectivity index is 1.05. The Hall–Kier alpha value is -2.51. The van der Waals surface area contributed by atoms with Crippen LogP contribution in [0.2, 0.25) is 0 Å². The van der Waals surface area contributed by atoms with E-state index in [-0.39, 0.29) is 11.8 Å². The van der Waals surface area contributed by atoms with E-state index in [1.165, 1.54) is 11.1 Å². The van der Waals surface area contributed by atoms with Crippen molar-refractivity contribution in [1.82, 2.24) is 20.2 Å². The van der Waals surface area contributed by atoms with E-state index in [2.05, 4.69) is 51.3 Å². The first kappa shape index (κ1) is 21.3. The summed E-state index contributed by atoms with van der Waals surface area (Å²) in [6, 6.07) is 12.7. The van der Waals surface area contributed by atoms with E-state index < -0.39 is 0 Å². The number of hydrogen-bond donors (Lipinski definition) is 1. The molecule has 0 saturated carbocycles. The van der Waals surface area contributed by atoms with Crippen molar-refractivity contribution in [3.8, 4) is 0 Å². The second-order valence-corrected chi connectivity index (χ2v) is 10.2. The molecule has 5 rings (SSSR count). The fraction of sp³-hybridized carbons (Fsp3) is 0.480. The van der Waals surface area contributed by atoms with Gasteiger partial charge in [-0.25, -0.2) is 9.97 Å². The molecular formula is C25H31N5OS. The Labute approximate surface area is 193 Å². The molecule has 2 aliphatic heterocycles. The molecule has 0 bridgehead atoms. The maximum Gasteiger partial charge on any atom is 0.223 e. The van der Waals surface area contributed by atoms with Crippen molar-refractivity contribution in [2.75, 3.05) is 37.6 Å². The zero-order valence-electron chi connectivity index (χ0n) is 18.7. The predicted octanol–water partition coefficient (Wildman–Crippen LogP) is 3.85. The zero-order chi connectivity index (χ0) is 21.9. The Bertz CT molecular complexity index is 1020. The molecule has 7 heteroatoms. The van der Waals surface area contributed by atoms with Crippen LogP contribution >= 0.6 is 11.3 Å². The van der Waals surface area contributed by atoms with Crippen LogP contribution in [0.5, 0.6) is 0 Å². The van der Waals surface area contributed by atoms with Gasteiger partial charge < -0.3 is 10.2 Å². The average Bonchev–Trinajstić information content (AvgIpc) is 3.46. The van der Waals surface area contributed by atoms with Gasteiger partial charge in [0, 0.05) is 44.8 Å². The lowest BCUT2D eigenvalue weighted by Gasteiger charge is -2.31. The number of nitrogens with one attached hydrogen (secondary N) is 1. The number of rotatable bonds is 6. The van der Waals surface area contributed by atoms with Gasteiger partial charge in [0.25, 0.3) is 0 Å². The van der Waals surface area contributed by atoms with Crippen molar-refractivity contribution < 1.29 is 4.79 Å². The summed E-state index contributed by atoms with van der Waals surface area (Å²) in [4.78, 5) is 27.7. The second kappa shape index (κ2) is 9.55. The van der Waals surface area contributed by atoms with E-state index in [4.69, 9.17) is 4.98 Å². The zero-order valence-corrected chi connectivity index (χ0v) is 19.5. The highest BCUT2D eigenvalue weighted by molar-refractivity contribution is 7.21. The summed E-state index contributed by atoms with van der Waals surface area (Å²) in [5.74, 6) is 0.899. The van der Waals surface area contributed by atoms with Gasteiger partial charge in [0.2, 0.25) is 5.91 Å². The molecule has 0 spiro atoms. The lowest BCUT2D eigenvalue weighted by atomic mass is 9.96. The lowest BCUT2D eigenvalue weighted by molar-refractivity contribution is -0.125. The minimum atomic E-state index is 0.115. The van der Waals surface area contributed by atoms with Crippen LogP contribution < -0.4 is 10.2 Å². The number of fused-ring (bicyclic) bond motifs is 1. The van der Waals surface area contributed by atoms with Crippen LogP contribution in [-0.4, -0.2) is 53.5 Å². The summed E-state index contributed by atoms with van der Waals surface area (Å²) in [5.41, 5.74) is 3.63. The smallest absolute Gasteiger partial charge is 0.223 e. The summed E-state index contributed by atoms with van der Waals surface area (Å²) in [7, 11) is 0. The topological polar surface area (TPSA) is 61.4 Å². The molecule has 1 atom stereocenters. The fourth-order valence-corrected chi connectivity index (χ4v) is 5.75. The molecule has 6 nitrogen and oxygen atoms in total. The largest absolute Gasteiger partial charge is 0.356 e. The van der Waals surface area contributed by atoms with Gasteiger partial charge in [0.05, 0.1) is 0 Å². The second-order valence-electron chi connectivity index (χ2n) is 9.21. The van der Waals surface area contributed by atoms with Gasteiger partial charge in [-0.05, 0) is 56.3 Å². The molecule has 0 unspecified atom stereocenters. The van der Waals surface area contributed by atoms with E-state index in [1.807, 2.05) is 18.3 Å². The van der Waals surface area contributed by atoms with E-state index in [0.717, 1.165) is 74.0 Å². The molecule has 168 valence electrons. The number of amides is 1. The molecule has 1 N–H and O–H groups in total. The summed E-state index contributed by atoms with van der Waals surface area (Å²) < 4.78 is 0. The summed E-state index contributed by atoms with van der Waals surface area (Å²) in [6.45, 7) is 7.87. The summed E-state index contributed by atoms with van der Waals surface area (Å²) >= 11 is 1.64. The standard InChI is InChI=1S/C25H31N5OS/c1-18-4-6-19(7-5-18)16-29-12-8-20(17-29)15-27-23(31)21-9-13-30(14-10-21)25-28-22-3-2-11-26-24(22)32-25/h2-7,11,20-21H,8-10,12-17H2,1H3,(H,27,31)/t20-/m1/s1. The van der Waals surface area contributed by atoms with Gasteiger partial charge in [0.1, 0.15) is 10.3 Å². The maximum atomic E-state index is 12.8. The number of benzene rings is 1. The molecule has 2 aliphatic rings. The van der Waals surface area contributed by atoms with Crippen molar-refractivity contribution in [1.29, 1.82) is 0 Å². The number of piperidine rings is 1. The van der Waals surface area contributed by atoms with Crippen LogP contribution in [0.15, 0.2) is 42.6 Å². The summed E-state index contributed by atoms with van der Waals surface area (Å²) in [6.07, 6.45) is 4.75. The molecule has 0 aliphatic carbocycles. The highest BCUT2D eigenvalue weighted by atomic mass is 32.1. The third-order valence-electron chi connectivity index (χ3n) is 6.75. The number of likely N-dealkylation sites (tertiary alicyclic amines) is 1. The molecule has 1 aromatic carbocycles. The van der Waals surface area contributed by atoms with E-state index in [9.17, 15) is 4.79 Å². The number of hydrogen-bond acceptors (Lipinski definition) is 6. The van der Waals surface area contributed by atoms with Gasteiger partial charge >= 0.3 is 0 Å². The molecule has 2 aromatic heterocycles. The third kappa shape index (κ3) is 4.94. The van der Waals surface area contributed by atoms with Crippen LogP contribution in [0.1, 0.15) is 30.4 Å². The van der Waals surface area contributed by atoms with Crippen LogP contribution in [0.4, 0.5) is 5.13 Å². The number of thiazole rings is 1. The molecule has 4 heterocycles. The first-order valence-electron chi connectivity index (χ1n) is 11.7. The quantitative estimate of drug-likeness (QED) is 0.619. The average molecular weight is 450 g/mol. The molecular weight excluding hydrogens is 418 g/mol. The number of nitrogens with zero attached hydrogens (tertiary/aromatic N) is 4. The Morgan fingerprint density at radius 1 is 1.12 bits per heavy atom. The molecule has 2 fully saturated rings. The van der Waals surface area contributed by atoms with E-state index in [0.29, 0.717) is 5.92 Å². The number of carbonyl (C=O) groups is 1. The van der Waals surface area contributed by atoms with Crippen molar-refractivity contribution in [3.63, 3.8) is 0 Å². The van der Waals surface area contributed by atoms with Crippen molar-refractivity contribution in [2.45, 2.75) is 32.7 Å². The first-order valence-corrected chi connectivity index (χ1v) is 12.5. The molecule has 2 saturated heterocycles. The minimum Gasteiger partial charge on any atom is -0.356 e. The van der Waals surface area contributed by atoms with Crippen molar-refractivity contribution in [3.05, 3.63) is 53.7 Å². The molecule has 3 aromatic rings. The minimum absolute atomic E-state index is 0.115. The van der Waals surface area contributed by atoms with Crippen molar-refractivity contribution >= 4 is 32.7 Å². The van der Waals surface area contributed by atoms with Crippen LogP contribution in [0, 0.1) is 18.8 Å². The highest BCUT2D eigenvalue weighted by Gasteiger charge is 2.28. The fourth-order valence-electron chi connectivity index (χ4n) is 4.79. The van der Waals surface area contributed by atoms with Gasteiger partial charge in [-0.1, -0.05) is 41.2 Å². The third-order valence-corrected chi connectivity index (χ3v) is 7.79. The van der Waals surface area contributed by atoms with Gasteiger partial charge in [0.15, 0.2) is 5.13 Å². The van der Waals surface area contributed by atoms with Crippen LogP contribution in [0.25, 0.3) is 10.3 Å². The molecule has 32 heavy (non-hydrogen) atoms. The Morgan fingerprint density at radius 3 is 2.72 bits per heavy atom. The Kier molecular flexibility index (Phi) is 6.37. The first-order chi connectivity index (χ1) is 15.6. The number of anilines is 1. The van der Waals surface area contributed by atoms with E-state index >= 15 is 0 Å². The maximum absolute atomic E-state index is 12.8. The highest BCUT2D eigenvalue weighted by Crippen LogP contribution is 2.30. The van der Waals surface area contributed by atoms with Crippen LogP contribution in [-0.2, 0) is 11.3 Å². The Morgan fingerprint density at radius 2 is 1.94 bits per heavy atom. The molecule has 1 amide bonds. The van der Waals surface area contributed by atoms with Crippen molar-refractivity contribution in [2.24, 2.45) is 11.8 Å².